The summed E-state index contributed by atoms with van der Waals surface area (Å²) in [6.07, 6.45) is 1.27. The lowest BCUT2D eigenvalue weighted by Gasteiger charge is -1.97. The molecule has 0 fully saturated rings. The van der Waals surface area contributed by atoms with Crippen molar-refractivity contribution in [2.45, 2.75) is 0 Å². The summed E-state index contributed by atoms with van der Waals surface area (Å²) in [4.78, 5) is 22.1. The summed E-state index contributed by atoms with van der Waals surface area (Å²) in [6.45, 7) is 0. The number of aliphatic imine (C=N–C) groups is 3. The van der Waals surface area contributed by atoms with E-state index in [9.17, 15) is 4.79 Å². The molecule has 2 aliphatic rings. The van der Waals surface area contributed by atoms with Crippen LogP contribution in [0.5, 0.6) is 0 Å². The first-order chi connectivity index (χ1) is 4.88. The smallest absolute Gasteiger partial charge is 0.266 e. The van der Waals surface area contributed by atoms with E-state index in [1.165, 1.54) is 18.1 Å². The number of hydrogen-bond acceptors (Lipinski definition) is 4. The first kappa shape index (κ1) is 5.79. The maximum absolute atomic E-state index is 10.9. The van der Waals surface area contributed by atoms with E-state index in [1.54, 1.807) is 0 Å². The molecule has 0 atom stereocenters. The Morgan fingerprint density at radius 3 is 3.30 bits per heavy atom. The molecule has 10 heavy (non-hydrogen) atoms. The number of hydrogen-bond donors (Lipinski definition) is 0. The first-order valence-electron chi connectivity index (χ1n) is 2.70. The molecule has 1 amide bonds. The van der Waals surface area contributed by atoms with Crippen LogP contribution in [-0.4, -0.2) is 28.9 Å². The third kappa shape index (κ3) is 0.706. The zero-order chi connectivity index (χ0) is 6.97. The quantitative estimate of drug-likeness (QED) is 0.495. The molecule has 0 bridgehead atoms. The van der Waals surface area contributed by atoms with Crippen LogP contribution in [0.25, 0.3) is 0 Å². The summed E-state index contributed by atoms with van der Waals surface area (Å²) in [7, 11) is 0. The molecule has 0 radical (unpaired) electrons. The van der Waals surface area contributed by atoms with Crippen molar-refractivity contribution in [3.63, 3.8) is 0 Å². The Balaban J connectivity index is 2.48. The maximum Gasteiger partial charge on any atom is 0.299 e. The minimum Gasteiger partial charge on any atom is -0.266 e. The van der Waals surface area contributed by atoms with Gasteiger partial charge in [-0.25, -0.2) is 4.99 Å². The minimum atomic E-state index is -0.269. The van der Waals surface area contributed by atoms with Gasteiger partial charge in [0, 0.05) is 0 Å². The number of carbonyl (C=O) groups is 1. The number of fused-ring (bicyclic) bond motifs is 1. The molecule has 50 valence electrons. The molecule has 0 spiro atoms. The van der Waals surface area contributed by atoms with E-state index >= 15 is 0 Å². The van der Waals surface area contributed by atoms with Crippen LogP contribution in [0.1, 0.15) is 0 Å². The van der Waals surface area contributed by atoms with Crippen molar-refractivity contribution >= 4 is 34.8 Å². The number of carbonyl (C=O) groups excluding carboxylic acids is 1. The van der Waals surface area contributed by atoms with Crippen molar-refractivity contribution in [3.8, 4) is 0 Å². The third-order valence-corrected chi connectivity index (χ3v) is 2.01. The second kappa shape index (κ2) is 2.02. The molecular weight excluding hydrogens is 150 g/mol. The average molecular weight is 153 g/mol. The van der Waals surface area contributed by atoms with Crippen LogP contribution in [0.3, 0.4) is 0 Å². The zero-order valence-electron chi connectivity index (χ0n) is 4.94. The number of rotatable bonds is 0. The van der Waals surface area contributed by atoms with Crippen molar-refractivity contribution in [2.24, 2.45) is 15.0 Å². The van der Waals surface area contributed by atoms with Gasteiger partial charge in [-0.1, -0.05) is 11.8 Å². The summed E-state index contributed by atoms with van der Waals surface area (Å²) < 4.78 is 0. The molecule has 0 saturated carbocycles. The summed E-state index contributed by atoms with van der Waals surface area (Å²) in [6, 6.07) is 0. The molecule has 4 nitrogen and oxygen atoms in total. The van der Waals surface area contributed by atoms with Gasteiger partial charge in [0.25, 0.3) is 5.91 Å². The number of amides is 1. The van der Waals surface area contributed by atoms with Gasteiger partial charge in [-0.05, 0) is 0 Å². The molecule has 2 heterocycles. The van der Waals surface area contributed by atoms with Crippen molar-refractivity contribution < 1.29 is 4.79 Å². The van der Waals surface area contributed by atoms with Crippen molar-refractivity contribution in [1.82, 2.24) is 0 Å². The fourth-order valence-electron chi connectivity index (χ4n) is 0.746. The van der Waals surface area contributed by atoms with Gasteiger partial charge < -0.3 is 0 Å². The van der Waals surface area contributed by atoms with Crippen molar-refractivity contribution in [2.75, 3.05) is 5.88 Å². The molecule has 0 unspecified atom stereocenters. The van der Waals surface area contributed by atoms with Crippen molar-refractivity contribution in [1.29, 1.82) is 0 Å². The summed E-state index contributed by atoms with van der Waals surface area (Å²) >= 11 is 1.46. The molecule has 2 aliphatic heterocycles. The second-order valence-corrected chi connectivity index (χ2v) is 2.70. The molecule has 0 aromatic heterocycles. The molecule has 0 saturated heterocycles. The van der Waals surface area contributed by atoms with E-state index in [-0.39, 0.29) is 5.91 Å². The van der Waals surface area contributed by atoms with Gasteiger partial charge in [0.05, 0.1) is 5.88 Å². The largest absolute Gasteiger partial charge is 0.299 e. The summed E-state index contributed by atoms with van der Waals surface area (Å²) in [5, 5.41) is 0.708. The van der Waals surface area contributed by atoms with Gasteiger partial charge in [-0.3, -0.25) is 9.79 Å². The molecule has 0 aliphatic carbocycles. The monoisotopic (exact) mass is 153 g/mol. The fourth-order valence-corrected chi connectivity index (χ4v) is 1.47. The van der Waals surface area contributed by atoms with E-state index in [2.05, 4.69) is 15.0 Å². The van der Waals surface area contributed by atoms with Crippen LogP contribution in [-0.2, 0) is 4.79 Å². The van der Waals surface area contributed by atoms with Crippen LogP contribution in [0.2, 0.25) is 0 Å². The van der Waals surface area contributed by atoms with Gasteiger partial charge in [-0.2, -0.15) is 4.99 Å². The highest BCUT2D eigenvalue weighted by atomic mass is 32.2. The molecular formula is C5H3N3OS. The van der Waals surface area contributed by atoms with E-state index in [1.807, 2.05) is 0 Å². The van der Waals surface area contributed by atoms with Crippen LogP contribution in [0, 0.1) is 0 Å². The lowest BCUT2D eigenvalue weighted by molar-refractivity contribution is -0.111. The van der Waals surface area contributed by atoms with Gasteiger partial charge in [0.15, 0.2) is 5.71 Å². The first-order valence-corrected chi connectivity index (χ1v) is 3.69. The number of nitrogens with zero attached hydrogens (tertiary/aromatic N) is 3. The standard InChI is InChI=1S/C5H3N3OS/c9-4-3-5(7-1-6-4)10-2-8-3/h1H,2H2. The lowest BCUT2D eigenvalue weighted by atomic mass is 10.3. The van der Waals surface area contributed by atoms with Gasteiger partial charge in [-0.15, -0.1) is 0 Å². The zero-order valence-corrected chi connectivity index (χ0v) is 5.76. The van der Waals surface area contributed by atoms with Gasteiger partial charge in [0.2, 0.25) is 0 Å². The third-order valence-electron chi connectivity index (χ3n) is 1.18. The Kier molecular flexibility index (Phi) is 1.17. The molecule has 0 aromatic carbocycles. The average Bonchev–Trinajstić information content (AvgIpc) is 2.36. The summed E-state index contributed by atoms with van der Waals surface area (Å²) in [5.41, 5.74) is 0.424. The molecule has 2 rings (SSSR count). The normalized spacial score (nSPS) is 22.2. The van der Waals surface area contributed by atoms with Gasteiger partial charge >= 0.3 is 0 Å². The maximum atomic E-state index is 10.9. The second-order valence-electron chi connectivity index (χ2n) is 1.76. The van der Waals surface area contributed by atoms with E-state index in [0.717, 1.165) is 0 Å². The predicted octanol–water partition coefficient (Wildman–Crippen LogP) is 0.0987. The minimum absolute atomic E-state index is 0.269. The van der Waals surface area contributed by atoms with Crippen LogP contribution in [0.15, 0.2) is 15.0 Å². The molecule has 0 aromatic rings. The highest BCUT2D eigenvalue weighted by Gasteiger charge is 2.24. The Hall–Kier alpha value is -0.970. The summed E-state index contributed by atoms with van der Waals surface area (Å²) in [5.74, 6) is 0.332. The lowest BCUT2D eigenvalue weighted by Crippen LogP contribution is -2.20. The molecule has 0 N–H and O–H groups in total. The molecule has 5 heteroatoms. The Morgan fingerprint density at radius 1 is 1.60 bits per heavy atom. The Labute approximate surface area is 61.2 Å². The van der Waals surface area contributed by atoms with E-state index < -0.39 is 0 Å². The highest BCUT2D eigenvalue weighted by Crippen LogP contribution is 2.16. The topological polar surface area (TPSA) is 54.1 Å². The van der Waals surface area contributed by atoms with Crippen LogP contribution < -0.4 is 0 Å². The number of thioether (sulfide) groups is 1. The van der Waals surface area contributed by atoms with Gasteiger partial charge in [0.1, 0.15) is 11.4 Å². The van der Waals surface area contributed by atoms with Crippen molar-refractivity contribution in [3.05, 3.63) is 0 Å². The van der Waals surface area contributed by atoms with E-state index in [0.29, 0.717) is 16.6 Å². The fraction of sp³-hybridized carbons (Fsp3) is 0.200. The van der Waals surface area contributed by atoms with E-state index in [4.69, 9.17) is 0 Å². The highest BCUT2D eigenvalue weighted by molar-refractivity contribution is 8.16. The SMILES string of the molecule is O=C1N=CN=C2SCN=C12. The van der Waals surface area contributed by atoms with Crippen LogP contribution in [0.4, 0.5) is 0 Å². The predicted molar refractivity (Wildman–Crippen MR) is 40.8 cm³/mol. The van der Waals surface area contributed by atoms with Crippen LogP contribution >= 0.6 is 11.8 Å². The Bertz CT molecular complexity index is 279. The Morgan fingerprint density at radius 2 is 2.50 bits per heavy atom.